The third-order valence-corrected chi connectivity index (χ3v) is 3.19. The zero-order valence-corrected chi connectivity index (χ0v) is 14.6. The van der Waals surface area contributed by atoms with Gasteiger partial charge in [0.25, 0.3) is 6.43 Å². The van der Waals surface area contributed by atoms with Gasteiger partial charge < -0.3 is 4.18 Å². The summed E-state index contributed by atoms with van der Waals surface area (Å²) in [4.78, 5) is 0. The Hall–Kier alpha value is -1.24. The predicted molar refractivity (Wildman–Crippen MR) is 96.0 cm³/mol. The van der Waals surface area contributed by atoms with Gasteiger partial charge in [0.1, 0.15) is 12.2 Å². The molecule has 0 spiro atoms. The second-order valence-corrected chi connectivity index (χ2v) is 5.32. The lowest BCUT2D eigenvalue weighted by molar-refractivity contribution is 0.151. The van der Waals surface area contributed by atoms with Crippen LogP contribution in [-0.2, 0) is 4.18 Å². The molecule has 0 saturated carbocycles. The van der Waals surface area contributed by atoms with Gasteiger partial charge in [-0.3, -0.25) is 4.31 Å². The van der Waals surface area contributed by atoms with Crippen LogP contribution in [0.15, 0.2) is 54.6 Å². The molecule has 2 nitrogen and oxygen atoms in total. The number of nitrogens with zero attached hydrogens (tertiary/aromatic N) is 1. The summed E-state index contributed by atoms with van der Waals surface area (Å²) in [7, 11) is 3.64. The zero-order chi connectivity index (χ0) is 15.7. The average molecular weight is 345 g/mol. The van der Waals surface area contributed by atoms with Crippen LogP contribution < -0.4 is 4.31 Å². The molecular weight excluding hydrogens is 324 g/mol. The van der Waals surface area contributed by atoms with Crippen molar-refractivity contribution in [1.29, 1.82) is 0 Å². The predicted octanol–water partition coefficient (Wildman–Crippen LogP) is 5.38. The lowest BCUT2D eigenvalue weighted by atomic mass is 10.2. The fraction of sp³-hybridized carbons (Fsp3) is 0.250. The third-order valence-electron chi connectivity index (χ3n) is 2.60. The van der Waals surface area contributed by atoms with Gasteiger partial charge in [0, 0.05) is 18.3 Å². The summed E-state index contributed by atoms with van der Waals surface area (Å²) in [6.07, 6.45) is -2.34. The van der Waals surface area contributed by atoms with Crippen LogP contribution in [0.3, 0.4) is 0 Å². The van der Waals surface area contributed by atoms with Crippen molar-refractivity contribution in [3.8, 4) is 0 Å². The van der Waals surface area contributed by atoms with Crippen LogP contribution in [-0.4, -0.2) is 14.2 Å². The molecule has 0 radical (unpaired) electrons. The second kappa shape index (κ2) is 11.3. The minimum Gasteiger partial charge on any atom is -0.300 e. The molecule has 122 valence electrons. The van der Waals surface area contributed by atoms with Crippen LogP contribution in [0.5, 0.6) is 0 Å². The van der Waals surface area contributed by atoms with Crippen LogP contribution in [0.4, 0.5) is 14.5 Å². The van der Waals surface area contributed by atoms with Crippen molar-refractivity contribution in [3.05, 3.63) is 65.7 Å². The summed E-state index contributed by atoms with van der Waals surface area (Å²) < 4.78 is 30.5. The first-order valence-electron chi connectivity index (χ1n) is 6.39. The maximum atomic E-state index is 11.8. The summed E-state index contributed by atoms with van der Waals surface area (Å²) in [6, 6.07) is 16.0. The minimum atomic E-state index is -2.34. The van der Waals surface area contributed by atoms with Crippen molar-refractivity contribution in [3.63, 3.8) is 0 Å². The largest absolute Gasteiger partial charge is 0.300 e. The molecule has 0 aliphatic rings. The number of anilines is 1. The fourth-order valence-electron chi connectivity index (χ4n) is 1.58. The third kappa shape index (κ3) is 7.68. The highest BCUT2D eigenvalue weighted by atomic mass is 32.2. The summed E-state index contributed by atoms with van der Waals surface area (Å²) in [5.41, 5.74) is 2.50. The van der Waals surface area contributed by atoms with Gasteiger partial charge in [0.2, 0.25) is 0 Å². The molecule has 0 atom stereocenters. The van der Waals surface area contributed by atoms with Crippen molar-refractivity contribution < 1.29 is 13.0 Å². The van der Waals surface area contributed by atoms with Crippen molar-refractivity contribution in [2.24, 2.45) is 0 Å². The van der Waals surface area contributed by atoms with E-state index in [9.17, 15) is 8.78 Å². The van der Waals surface area contributed by atoms with Crippen molar-refractivity contribution >= 4 is 31.4 Å². The maximum Gasteiger partial charge on any atom is 0.263 e. The fourth-order valence-corrected chi connectivity index (χ4v) is 2.00. The SMILES string of the molecule is COSN(C)c1cccc(C)c1.FC(F)c1ccccc1.S. The molecule has 0 aromatic heterocycles. The van der Waals surface area contributed by atoms with Gasteiger partial charge in [-0.2, -0.15) is 13.5 Å². The number of aryl methyl sites for hydroxylation is 1. The van der Waals surface area contributed by atoms with Crippen LogP contribution in [0.25, 0.3) is 0 Å². The Balaban J connectivity index is 0.000000397. The zero-order valence-electron chi connectivity index (χ0n) is 12.8. The number of rotatable bonds is 4. The number of benzene rings is 2. The van der Waals surface area contributed by atoms with Gasteiger partial charge in [-0.15, -0.1) is 0 Å². The Morgan fingerprint density at radius 1 is 1.05 bits per heavy atom. The van der Waals surface area contributed by atoms with Crippen molar-refractivity contribution in [2.45, 2.75) is 13.3 Å². The summed E-state index contributed by atoms with van der Waals surface area (Å²) >= 11 is 1.33. The van der Waals surface area contributed by atoms with E-state index in [1.54, 1.807) is 25.3 Å². The molecule has 0 heterocycles. The Bertz CT molecular complexity index is 527. The highest BCUT2D eigenvalue weighted by Gasteiger charge is 2.02. The highest BCUT2D eigenvalue weighted by molar-refractivity contribution is 7.96. The van der Waals surface area contributed by atoms with Crippen LogP contribution in [0.2, 0.25) is 0 Å². The Kier molecular flexibility index (Phi) is 10.7. The normalized spacial score (nSPS) is 9.55. The molecule has 2 rings (SSSR count). The van der Waals surface area contributed by atoms with Gasteiger partial charge >= 0.3 is 0 Å². The van der Waals surface area contributed by atoms with E-state index >= 15 is 0 Å². The first-order valence-corrected chi connectivity index (χ1v) is 7.08. The summed E-state index contributed by atoms with van der Waals surface area (Å²) in [5.74, 6) is 0. The number of halogens is 2. The lowest BCUT2D eigenvalue weighted by Gasteiger charge is -2.15. The second-order valence-electron chi connectivity index (χ2n) is 4.29. The Morgan fingerprint density at radius 2 is 1.68 bits per heavy atom. The van der Waals surface area contributed by atoms with E-state index in [2.05, 4.69) is 25.1 Å². The molecule has 0 amide bonds. The lowest BCUT2D eigenvalue weighted by Crippen LogP contribution is -2.06. The molecule has 6 heteroatoms. The highest BCUT2D eigenvalue weighted by Crippen LogP contribution is 2.20. The van der Waals surface area contributed by atoms with Gasteiger partial charge in [0.05, 0.1) is 7.11 Å². The number of hydrogen-bond acceptors (Lipinski definition) is 3. The van der Waals surface area contributed by atoms with E-state index in [0.29, 0.717) is 0 Å². The molecule has 22 heavy (non-hydrogen) atoms. The molecule has 2 aromatic rings. The van der Waals surface area contributed by atoms with Crippen molar-refractivity contribution in [1.82, 2.24) is 0 Å². The number of hydrogen-bond donors (Lipinski definition) is 0. The molecule has 0 saturated heterocycles. The molecule has 0 bridgehead atoms. The van der Waals surface area contributed by atoms with E-state index in [1.807, 2.05) is 17.4 Å². The van der Waals surface area contributed by atoms with E-state index in [-0.39, 0.29) is 19.1 Å². The molecule has 0 aliphatic carbocycles. The van der Waals surface area contributed by atoms with Gasteiger partial charge in [-0.25, -0.2) is 8.78 Å². The van der Waals surface area contributed by atoms with E-state index < -0.39 is 6.43 Å². The Morgan fingerprint density at radius 3 is 2.14 bits per heavy atom. The first kappa shape index (κ1) is 20.8. The molecule has 2 aromatic carbocycles. The van der Waals surface area contributed by atoms with Crippen molar-refractivity contribution in [2.75, 3.05) is 18.5 Å². The topological polar surface area (TPSA) is 12.5 Å². The minimum absolute atomic E-state index is 0. The Labute approximate surface area is 142 Å². The van der Waals surface area contributed by atoms with E-state index in [4.69, 9.17) is 4.18 Å². The standard InChI is InChI=1S/C9H13NOS.C7H6F2.H2S/c1-8-5-4-6-9(7-8)10(2)12-11-3;8-7(9)6-4-2-1-3-5-6;/h4-7H,1-3H3;1-5,7H;1H2. The summed E-state index contributed by atoms with van der Waals surface area (Å²) in [6.45, 7) is 2.08. The van der Waals surface area contributed by atoms with Gasteiger partial charge in [0.15, 0.2) is 0 Å². The molecular formula is C16H21F2NOS2. The van der Waals surface area contributed by atoms with Gasteiger partial charge in [-0.1, -0.05) is 42.5 Å². The van der Waals surface area contributed by atoms with Crippen LogP contribution >= 0.6 is 25.7 Å². The smallest absolute Gasteiger partial charge is 0.263 e. The average Bonchev–Trinajstić information content (AvgIpc) is 2.49. The van der Waals surface area contributed by atoms with Crippen LogP contribution in [0.1, 0.15) is 17.6 Å². The summed E-state index contributed by atoms with van der Waals surface area (Å²) in [5, 5.41) is 0. The molecule has 0 unspecified atom stereocenters. The molecule has 0 aliphatic heterocycles. The molecule has 0 fully saturated rings. The number of alkyl halides is 2. The van der Waals surface area contributed by atoms with Crippen LogP contribution in [0, 0.1) is 6.92 Å². The quantitative estimate of drug-likeness (QED) is 0.545. The monoisotopic (exact) mass is 345 g/mol. The first-order chi connectivity index (χ1) is 10.0. The van der Waals surface area contributed by atoms with E-state index in [0.717, 1.165) is 5.69 Å². The van der Waals surface area contributed by atoms with E-state index in [1.165, 1.54) is 29.9 Å². The molecule has 0 N–H and O–H groups in total. The van der Waals surface area contributed by atoms with Gasteiger partial charge in [-0.05, 0) is 24.6 Å². The maximum absolute atomic E-state index is 11.8.